The van der Waals surface area contributed by atoms with E-state index >= 15 is 0 Å². The van der Waals surface area contributed by atoms with E-state index in [9.17, 15) is 23.3 Å². The average Bonchev–Trinajstić information content (AvgIpc) is 2.95. The number of sulfone groups is 1. The van der Waals surface area contributed by atoms with Gasteiger partial charge in [-0.25, -0.2) is 13.4 Å². The van der Waals surface area contributed by atoms with Gasteiger partial charge in [-0.1, -0.05) is 18.2 Å². The van der Waals surface area contributed by atoms with Gasteiger partial charge >= 0.3 is 0 Å². The first kappa shape index (κ1) is 18.5. The van der Waals surface area contributed by atoms with Gasteiger partial charge in [-0.2, -0.15) is 0 Å². The molecule has 0 radical (unpaired) electrons. The highest BCUT2D eigenvalue weighted by atomic mass is 32.2. The second-order valence-corrected chi connectivity index (χ2v) is 7.98. The maximum Gasteiger partial charge on any atom is 0.293 e. The smallest absolute Gasteiger partial charge is 0.293 e. The number of aromatic nitrogens is 2. The number of carbonyl (C=O) groups excluding carboxylic acids is 1. The molecule has 0 aliphatic carbocycles. The number of amides is 1. The highest BCUT2D eigenvalue weighted by molar-refractivity contribution is 7.90. The molecule has 27 heavy (non-hydrogen) atoms. The van der Waals surface area contributed by atoms with E-state index in [0.29, 0.717) is 16.6 Å². The van der Waals surface area contributed by atoms with Crippen molar-refractivity contribution in [2.45, 2.75) is 18.6 Å². The minimum absolute atomic E-state index is 0.0425. The Morgan fingerprint density at radius 2 is 1.96 bits per heavy atom. The van der Waals surface area contributed by atoms with Gasteiger partial charge in [0.15, 0.2) is 0 Å². The normalized spacial score (nSPS) is 11.5. The molecule has 0 unspecified atom stereocenters. The average molecular weight is 388 g/mol. The zero-order valence-electron chi connectivity index (χ0n) is 14.5. The molecule has 0 fully saturated rings. The van der Waals surface area contributed by atoms with Crippen molar-refractivity contribution >= 4 is 38.2 Å². The van der Waals surface area contributed by atoms with Crippen LogP contribution in [0.2, 0.25) is 0 Å². The molecule has 1 heterocycles. The zero-order valence-corrected chi connectivity index (χ0v) is 15.4. The lowest BCUT2D eigenvalue weighted by Gasteiger charge is -2.10. The fraction of sp³-hybridized carbons (Fsp3) is 0.176. The van der Waals surface area contributed by atoms with Gasteiger partial charge in [0.2, 0.25) is 20.9 Å². The minimum Gasteiger partial charge on any atom is -0.319 e. The van der Waals surface area contributed by atoms with Crippen molar-refractivity contribution in [3.8, 4) is 0 Å². The van der Waals surface area contributed by atoms with Gasteiger partial charge in [-0.3, -0.25) is 14.9 Å². The number of nitrogens with zero attached hydrogens (tertiary/aromatic N) is 3. The van der Waals surface area contributed by atoms with Gasteiger partial charge in [0.05, 0.1) is 16.0 Å². The van der Waals surface area contributed by atoms with Crippen molar-refractivity contribution in [1.29, 1.82) is 0 Å². The van der Waals surface area contributed by atoms with Crippen LogP contribution in [-0.2, 0) is 21.2 Å². The van der Waals surface area contributed by atoms with E-state index < -0.39 is 20.7 Å². The Balaban J connectivity index is 1.97. The van der Waals surface area contributed by atoms with Crippen LogP contribution in [0.25, 0.3) is 11.0 Å². The molecule has 1 N–H and O–H groups in total. The lowest BCUT2D eigenvalue weighted by Crippen LogP contribution is -2.21. The molecule has 0 atom stereocenters. The summed E-state index contributed by atoms with van der Waals surface area (Å²) in [5.74, 6) is -0.602. The van der Waals surface area contributed by atoms with Gasteiger partial charge in [0.1, 0.15) is 12.2 Å². The van der Waals surface area contributed by atoms with Crippen molar-refractivity contribution in [2.24, 2.45) is 0 Å². The van der Waals surface area contributed by atoms with Crippen LogP contribution >= 0.6 is 0 Å². The van der Waals surface area contributed by atoms with E-state index in [-0.39, 0.29) is 23.1 Å². The van der Waals surface area contributed by atoms with Gasteiger partial charge in [-0.15, -0.1) is 0 Å². The molecule has 0 aliphatic rings. The summed E-state index contributed by atoms with van der Waals surface area (Å²) in [6, 6.07) is 11.1. The van der Waals surface area contributed by atoms with Crippen LogP contribution in [-0.4, -0.2) is 35.1 Å². The monoisotopic (exact) mass is 388 g/mol. The first-order chi connectivity index (χ1) is 12.7. The largest absolute Gasteiger partial charge is 0.319 e. The number of fused-ring (bicyclic) bond motifs is 1. The van der Waals surface area contributed by atoms with E-state index in [4.69, 9.17) is 0 Å². The van der Waals surface area contributed by atoms with Crippen LogP contribution in [0.3, 0.4) is 0 Å². The molecule has 3 rings (SSSR count). The number of anilines is 1. The van der Waals surface area contributed by atoms with Gasteiger partial charge in [0, 0.05) is 12.3 Å². The molecule has 0 bridgehead atoms. The lowest BCUT2D eigenvalue weighted by molar-refractivity contribution is -0.384. The number of nitro groups is 1. The number of hydrogen-bond donors (Lipinski definition) is 1. The molecule has 3 aromatic rings. The van der Waals surface area contributed by atoms with E-state index in [0.717, 1.165) is 6.26 Å². The number of benzene rings is 2. The van der Waals surface area contributed by atoms with E-state index in [1.165, 1.54) is 16.7 Å². The first-order valence-corrected chi connectivity index (χ1v) is 9.76. The number of carbonyl (C=O) groups is 1. The molecule has 140 valence electrons. The Bertz CT molecular complexity index is 1170. The minimum atomic E-state index is -3.68. The molecular weight excluding hydrogens is 372 g/mol. The van der Waals surface area contributed by atoms with E-state index in [1.807, 2.05) is 0 Å². The Hall–Kier alpha value is -3.27. The van der Waals surface area contributed by atoms with Crippen molar-refractivity contribution in [3.63, 3.8) is 0 Å². The predicted molar refractivity (Wildman–Crippen MR) is 99.3 cm³/mol. The Kier molecular flexibility index (Phi) is 4.66. The van der Waals surface area contributed by atoms with Crippen molar-refractivity contribution < 1.29 is 18.1 Å². The summed E-state index contributed by atoms with van der Waals surface area (Å²) in [4.78, 5) is 27.2. The van der Waals surface area contributed by atoms with Crippen LogP contribution in [0, 0.1) is 17.0 Å². The van der Waals surface area contributed by atoms with E-state index in [1.54, 1.807) is 37.3 Å². The molecule has 1 amide bonds. The summed E-state index contributed by atoms with van der Waals surface area (Å²) in [7, 11) is -3.68. The number of para-hydroxylation sites is 2. The fourth-order valence-corrected chi connectivity index (χ4v) is 3.55. The number of hydrogen-bond acceptors (Lipinski definition) is 6. The molecule has 9 nitrogen and oxygen atoms in total. The molecule has 0 saturated heterocycles. The second-order valence-electron chi connectivity index (χ2n) is 6.07. The molecule has 1 aromatic heterocycles. The van der Waals surface area contributed by atoms with Gasteiger partial charge in [-0.05, 0) is 30.7 Å². The Morgan fingerprint density at radius 1 is 1.26 bits per heavy atom. The van der Waals surface area contributed by atoms with Crippen molar-refractivity contribution in [1.82, 2.24) is 9.55 Å². The summed E-state index contributed by atoms with van der Waals surface area (Å²) in [5.41, 5.74) is 1.40. The van der Waals surface area contributed by atoms with Crippen molar-refractivity contribution in [2.75, 3.05) is 11.6 Å². The van der Waals surface area contributed by atoms with E-state index in [2.05, 4.69) is 10.3 Å². The van der Waals surface area contributed by atoms with Crippen LogP contribution in [0.15, 0.2) is 47.6 Å². The highest BCUT2D eigenvalue weighted by Crippen LogP contribution is 2.26. The quantitative estimate of drug-likeness (QED) is 0.528. The third-order valence-corrected chi connectivity index (χ3v) is 4.85. The van der Waals surface area contributed by atoms with Crippen LogP contribution in [0.4, 0.5) is 11.4 Å². The molecular formula is C17H16N4O5S. The lowest BCUT2D eigenvalue weighted by atomic mass is 10.2. The fourth-order valence-electron chi connectivity index (χ4n) is 2.72. The number of nitro benzene ring substituents is 1. The predicted octanol–water partition coefficient (Wildman–Crippen LogP) is 2.30. The molecule has 2 aromatic carbocycles. The topological polar surface area (TPSA) is 124 Å². The standard InChI is InChI=1S/C17H16N4O5S/c1-11-7-8-13(15(9-11)21(23)24)18-16(22)10-20-14-6-4-3-5-12(14)19-17(20)27(2,25)26/h3-9H,10H2,1-2H3,(H,18,22). The van der Waals surface area contributed by atoms with Crippen molar-refractivity contribution in [3.05, 3.63) is 58.1 Å². The maximum absolute atomic E-state index is 12.5. The maximum atomic E-state index is 12.5. The summed E-state index contributed by atoms with van der Waals surface area (Å²) >= 11 is 0. The third-order valence-electron chi connectivity index (χ3n) is 3.88. The summed E-state index contributed by atoms with van der Waals surface area (Å²) in [5, 5.41) is 13.4. The molecule has 10 heteroatoms. The third kappa shape index (κ3) is 3.80. The summed E-state index contributed by atoms with van der Waals surface area (Å²) in [6.07, 6.45) is 1.01. The SMILES string of the molecule is Cc1ccc(NC(=O)Cn2c(S(C)(=O)=O)nc3ccccc32)c([N+](=O)[O-])c1. The highest BCUT2D eigenvalue weighted by Gasteiger charge is 2.22. The van der Waals surface area contributed by atoms with Gasteiger partial charge < -0.3 is 9.88 Å². The Morgan fingerprint density at radius 3 is 2.63 bits per heavy atom. The summed E-state index contributed by atoms with van der Waals surface area (Å²) in [6.45, 7) is 1.35. The number of imidazole rings is 1. The Labute approximate surface area is 154 Å². The number of aryl methyl sites for hydroxylation is 1. The van der Waals surface area contributed by atoms with Crippen LogP contribution < -0.4 is 5.32 Å². The molecule has 0 spiro atoms. The van der Waals surface area contributed by atoms with Crippen LogP contribution in [0.5, 0.6) is 0 Å². The number of rotatable bonds is 5. The molecule has 0 aliphatic heterocycles. The second kappa shape index (κ2) is 6.80. The van der Waals surface area contributed by atoms with Crippen LogP contribution in [0.1, 0.15) is 5.56 Å². The number of nitrogens with one attached hydrogen (secondary N) is 1. The molecule has 0 saturated carbocycles. The summed E-state index contributed by atoms with van der Waals surface area (Å²) < 4.78 is 25.4. The van der Waals surface area contributed by atoms with Gasteiger partial charge in [0.25, 0.3) is 5.69 Å². The zero-order chi connectivity index (χ0) is 19.8. The first-order valence-electron chi connectivity index (χ1n) is 7.87.